The van der Waals surface area contributed by atoms with E-state index in [1.165, 1.54) is 36.2 Å². The smallest absolute Gasteiger partial charge is 0.334 e. The molecule has 0 bridgehead atoms. The van der Waals surface area contributed by atoms with Gasteiger partial charge in [0, 0.05) is 24.6 Å². The Morgan fingerprint density at radius 3 is 2.38 bits per heavy atom. The molecule has 1 heterocycles. The van der Waals surface area contributed by atoms with Crippen molar-refractivity contribution in [2.75, 3.05) is 13.4 Å². The molecule has 0 N–H and O–H groups in total. The molecule has 0 aromatic heterocycles. The molecule has 7 nitrogen and oxygen atoms in total. The van der Waals surface area contributed by atoms with E-state index in [4.69, 9.17) is 14.2 Å². The van der Waals surface area contributed by atoms with Gasteiger partial charge in [-0.25, -0.2) is 17.6 Å². The van der Waals surface area contributed by atoms with Crippen LogP contribution < -0.4 is 9.47 Å². The number of hydrogen-bond donors (Lipinski definition) is 0. The number of methoxy groups -OCH3 is 1. The predicted octanol–water partition coefficient (Wildman–Crippen LogP) is 8.08. The number of esters is 1. The van der Waals surface area contributed by atoms with E-state index in [9.17, 15) is 17.6 Å². The number of sulfonamides is 1. The van der Waals surface area contributed by atoms with Crippen LogP contribution in [-0.4, -0.2) is 43.7 Å². The summed E-state index contributed by atoms with van der Waals surface area (Å²) in [4.78, 5) is 13.1. The second-order valence-electron chi connectivity index (χ2n) is 12.0. The zero-order valence-electron chi connectivity index (χ0n) is 26.7. The second-order valence-corrected chi connectivity index (χ2v) is 14.7. The molecule has 2 unspecified atom stereocenters. The third-order valence-electron chi connectivity index (χ3n) is 7.64. The van der Waals surface area contributed by atoms with Crippen molar-refractivity contribution in [2.24, 2.45) is 0 Å². The Bertz CT molecular complexity index is 1600. The van der Waals surface area contributed by atoms with Crippen molar-refractivity contribution in [3.05, 3.63) is 95.5 Å². The van der Waals surface area contributed by atoms with Gasteiger partial charge in [-0.1, -0.05) is 44.0 Å². The van der Waals surface area contributed by atoms with Gasteiger partial charge in [-0.3, -0.25) is 0 Å². The fourth-order valence-electron chi connectivity index (χ4n) is 5.48. The van der Waals surface area contributed by atoms with Crippen LogP contribution >= 0.6 is 11.8 Å². The highest BCUT2D eigenvalue weighted by molar-refractivity contribution is 7.98. The summed E-state index contributed by atoms with van der Waals surface area (Å²) < 4.78 is 61.6. The largest absolute Gasteiger partial charge is 0.497 e. The van der Waals surface area contributed by atoms with Crippen LogP contribution in [0.3, 0.4) is 0 Å². The fraction of sp³-hybridized carbons (Fsp3) is 0.400. The highest BCUT2D eigenvalue weighted by atomic mass is 32.2. The molecule has 10 heteroatoms. The van der Waals surface area contributed by atoms with Crippen LogP contribution in [0.5, 0.6) is 11.5 Å². The molecule has 0 saturated carbocycles. The number of thioether (sulfide) groups is 1. The first kappa shape index (κ1) is 34.5. The number of halogens is 1. The molecule has 0 saturated heterocycles. The molecule has 4 rings (SSSR count). The maximum atomic E-state index is 14.7. The van der Waals surface area contributed by atoms with E-state index in [0.29, 0.717) is 34.8 Å². The van der Waals surface area contributed by atoms with Crippen molar-refractivity contribution in [1.82, 2.24) is 4.31 Å². The number of nitrogens with zero attached hydrogens (tertiary/aromatic N) is 1. The van der Waals surface area contributed by atoms with E-state index >= 15 is 0 Å². The van der Waals surface area contributed by atoms with Crippen LogP contribution in [0, 0.1) is 5.82 Å². The van der Waals surface area contributed by atoms with Crippen molar-refractivity contribution >= 4 is 27.8 Å². The number of ether oxygens (including phenoxy) is 3. The Hall–Kier alpha value is -3.34. The van der Waals surface area contributed by atoms with E-state index in [-0.39, 0.29) is 29.2 Å². The lowest BCUT2D eigenvalue weighted by atomic mass is 9.84. The molecular formula is C35H42FNO6S2. The van der Waals surface area contributed by atoms with Crippen LogP contribution in [0.4, 0.5) is 4.39 Å². The van der Waals surface area contributed by atoms with Gasteiger partial charge in [-0.05, 0) is 86.9 Å². The summed E-state index contributed by atoms with van der Waals surface area (Å²) in [6.07, 6.45) is 7.24. The molecule has 1 aliphatic heterocycles. The van der Waals surface area contributed by atoms with E-state index in [1.54, 1.807) is 50.4 Å². The lowest BCUT2D eigenvalue weighted by Gasteiger charge is -2.30. The quantitative estimate of drug-likeness (QED) is 0.0894. The first-order chi connectivity index (χ1) is 21.4. The van der Waals surface area contributed by atoms with Gasteiger partial charge in [0.05, 0.1) is 29.2 Å². The minimum absolute atomic E-state index is 0.128. The van der Waals surface area contributed by atoms with Crippen LogP contribution in [0.2, 0.25) is 0 Å². The lowest BCUT2D eigenvalue weighted by molar-refractivity contribution is -0.148. The molecule has 0 fully saturated rings. The molecule has 1 aliphatic rings. The van der Waals surface area contributed by atoms with Crippen LogP contribution in [0.15, 0.2) is 82.8 Å². The van der Waals surface area contributed by atoms with Gasteiger partial charge >= 0.3 is 5.97 Å². The van der Waals surface area contributed by atoms with E-state index in [0.717, 1.165) is 24.0 Å². The highest BCUT2D eigenvalue weighted by Crippen LogP contribution is 2.45. The summed E-state index contributed by atoms with van der Waals surface area (Å²) in [6, 6.07) is 16.8. The highest BCUT2D eigenvalue weighted by Gasteiger charge is 2.40. The summed E-state index contributed by atoms with van der Waals surface area (Å²) >= 11 is 1.41. The van der Waals surface area contributed by atoms with Crippen LogP contribution in [-0.2, 0) is 26.1 Å². The number of carbonyl (C=O) groups is 1. The first-order valence-corrected chi connectivity index (χ1v) is 17.7. The third-order valence-corrected chi connectivity index (χ3v) is 10.4. The zero-order valence-corrected chi connectivity index (χ0v) is 28.3. The Morgan fingerprint density at radius 1 is 1.09 bits per heavy atom. The molecule has 3 aromatic carbocycles. The van der Waals surface area contributed by atoms with Gasteiger partial charge in [0.1, 0.15) is 22.9 Å². The monoisotopic (exact) mass is 655 g/mol. The standard InChI is InChI=1S/C35H42FNO6S2/c1-7-8-9-27-20-29(25-12-14-26(36)15-13-25)30-21-32(44-6)31(42-19-18-34(38)43-35(2,3)4)22-33(30)45(39,40)37(27)23-24-10-16-28(41-5)17-11-24/h10-19,21-22,27,29H,7-9,20,23H2,1-6H3/b19-18+. The predicted molar refractivity (Wildman–Crippen MR) is 176 cm³/mol. The van der Waals surface area contributed by atoms with E-state index in [2.05, 4.69) is 6.92 Å². The minimum atomic E-state index is -4.05. The maximum Gasteiger partial charge on any atom is 0.334 e. The van der Waals surface area contributed by atoms with Crippen molar-refractivity contribution in [3.63, 3.8) is 0 Å². The van der Waals surface area contributed by atoms with E-state index < -0.39 is 21.6 Å². The number of hydrogen-bond acceptors (Lipinski definition) is 7. The van der Waals surface area contributed by atoms with Gasteiger partial charge in [-0.2, -0.15) is 4.31 Å². The van der Waals surface area contributed by atoms with Gasteiger partial charge in [-0.15, -0.1) is 11.8 Å². The van der Waals surface area contributed by atoms with E-state index in [1.807, 2.05) is 36.6 Å². The molecular weight excluding hydrogens is 614 g/mol. The van der Waals surface area contributed by atoms with Crippen LogP contribution in [0.1, 0.15) is 76.0 Å². The number of carbonyl (C=O) groups excluding carboxylic acids is 1. The summed E-state index contributed by atoms with van der Waals surface area (Å²) in [6.45, 7) is 7.57. The molecule has 3 aromatic rings. The van der Waals surface area contributed by atoms with Gasteiger partial charge in [0.2, 0.25) is 10.0 Å². The number of rotatable bonds is 11. The van der Waals surface area contributed by atoms with Crippen molar-refractivity contribution in [2.45, 2.75) is 87.3 Å². The topological polar surface area (TPSA) is 82.1 Å². The molecule has 242 valence electrons. The Kier molecular flexibility index (Phi) is 11.4. The van der Waals surface area contributed by atoms with Gasteiger partial charge < -0.3 is 14.2 Å². The normalized spacial score (nSPS) is 18.3. The Labute approximate surface area is 270 Å². The lowest BCUT2D eigenvalue weighted by Crippen LogP contribution is -2.39. The fourth-order valence-corrected chi connectivity index (χ4v) is 7.94. The molecule has 0 spiro atoms. The number of unbranched alkanes of at least 4 members (excludes halogenated alkanes) is 1. The van der Waals surface area contributed by atoms with Crippen molar-refractivity contribution in [1.29, 1.82) is 0 Å². The Balaban J connectivity index is 1.86. The molecule has 2 atom stereocenters. The Morgan fingerprint density at radius 2 is 1.78 bits per heavy atom. The summed E-state index contributed by atoms with van der Waals surface area (Å²) in [7, 11) is -2.46. The summed E-state index contributed by atoms with van der Waals surface area (Å²) in [5.41, 5.74) is 1.64. The van der Waals surface area contributed by atoms with Gasteiger partial charge in [0.25, 0.3) is 0 Å². The maximum absolute atomic E-state index is 14.7. The van der Waals surface area contributed by atoms with Gasteiger partial charge in [0.15, 0.2) is 0 Å². The SMILES string of the molecule is CCCCC1CC(c2ccc(F)cc2)c2cc(SC)c(O/C=C/C(=O)OC(C)(C)C)cc2S(=O)(=O)N1Cc1ccc(OC)cc1. The molecule has 0 radical (unpaired) electrons. The summed E-state index contributed by atoms with van der Waals surface area (Å²) in [5, 5.41) is 0. The second kappa shape index (κ2) is 14.8. The molecule has 0 amide bonds. The molecule has 45 heavy (non-hydrogen) atoms. The third kappa shape index (κ3) is 8.68. The minimum Gasteiger partial charge on any atom is -0.497 e. The van der Waals surface area contributed by atoms with Crippen molar-refractivity contribution < 1.29 is 31.8 Å². The zero-order chi connectivity index (χ0) is 32.8. The number of fused-ring (bicyclic) bond motifs is 1. The number of benzene rings is 3. The van der Waals surface area contributed by atoms with Crippen molar-refractivity contribution in [3.8, 4) is 11.5 Å². The average molecular weight is 656 g/mol. The molecule has 0 aliphatic carbocycles. The summed E-state index contributed by atoms with van der Waals surface area (Å²) in [5.74, 6) is -0.243. The average Bonchev–Trinajstić information content (AvgIpc) is 3.07. The van der Waals surface area contributed by atoms with Crippen LogP contribution in [0.25, 0.3) is 0 Å². The first-order valence-electron chi connectivity index (χ1n) is 15.0.